The van der Waals surface area contributed by atoms with Crippen molar-refractivity contribution in [2.24, 2.45) is 5.92 Å². The lowest BCUT2D eigenvalue weighted by Gasteiger charge is -2.39. The molecule has 1 aromatic carbocycles. The van der Waals surface area contributed by atoms with Crippen LogP contribution < -0.4 is 0 Å². The van der Waals surface area contributed by atoms with Crippen LogP contribution in [0.25, 0.3) is 0 Å². The van der Waals surface area contributed by atoms with Crippen LogP contribution in [0.15, 0.2) is 30.3 Å². The third kappa shape index (κ3) is 4.36. The Kier molecular flexibility index (Phi) is 6.13. The minimum absolute atomic E-state index is 0.424. The van der Waals surface area contributed by atoms with Crippen LogP contribution in [-0.4, -0.2) is 29.6 Å². The summed E-state index contributed by atoms with van der Waals surface area (Å²) in [6.07, 6.45) is 12.5. The predicted octanol–water partition coefficient (Wildman–Crippen LogP) is 4.72. The Morgan fingerprint density at radius 1 is 0.870 bits per heavy atom. The number of hydrogen-bond donors (Lipinski definition) is 1. The van der Waals surface area contributed by atoms with E-state index in [0.717, 1.165) is 18.5 Å². The third-order valence-corrected chi connectivity index (χ3v) is 6.06. The molecule has 0 radical (unpaired) electrons. The number of aliphatic hydroxyl groups is 1. The first-order valence-electron chi connectivity index (χ1n) is 9.79. The zero-order valence-electron chi connectivity index (χ0n) is 14.6. The quantitative estimate of drug-likeness (QED) is 0.850. The predicted molar refractivity (Wildman–Crippen MR) is 96.4 cm³/mol. The lowest BCUT2D eigenvalue weighted by Crippen LogP contribution is -2.39. The molecule has 128 valence electrons. The van der Waals surface area contributed by atoms with Crippen LogP contribution in [0.3, 0.4) is 0 Å². The summed E-state index contributed by atoms with van der Waals surface area (Å²) in [7, 11) is 0. The first-order valence-corrected chi connectivity index (χ1v) is 9.79. The summed E-state index contributed by atoms with van der Waals surface area (Å²) in [4.78, 5) is 2.54. The molecule has 1 heterocycles. The van der Waals surface area contributed by atoms with Crippen molar-refractivity contribution in [3.63, 3.8) is 0 Å². The molecule has 1 aliphatic heterocycles. The molecule has 0 bridgehead atoms. The Bertz CT molecular complexity index is 446. The Morgan fingerprint density at radius 2 is 1.48 bits per heavy atom. The SMILES string of the molecule is OC(CCN1CCCC1)(c1ccccc1)C1CCCCCCC1. The van der Waals surface area contributed by atoms with Crippen molar-refractivity contribution in [1.29, 1.82) is 0 Å². The molecule has 1 unspecified atom stereocenters. The van der Waals surface area contributed by atoms with Crippen molar-refractivity contribution < 1.29 is 5.11 Å². The molecule has 2 heteroatoms. The van der Waals surface area contributed by atoms with Gasteiger partial charge < -0.3 is 10.0 Å². The zero-order valence-corrected chi connectivity index (χ0v) is 14.6. The van der Waals surface area contributed by atoms with Crippen LogP contribution in [0.4, 0.5) is 0 Å². The highest BCUT2D eigenvalue weighted by molar-refractivity contribution is 5.23. The fourth-order valence-corrected chi connectivity index (χ4v) is 4.58. The summed E-state index contributed by atoms with van der Waals surface area (Å²) in [6, 6.07) is 10.5. The molecule has 0 aromatic heterocycles. The Labute approximate surface area is 141 Å². The summed E-state index contributed by atoms with van der Waals surface area (Å²) in [5, 5.41) is 11.8. The molecule has 1 saturated carbocycles. The number of rotatable bonds is 5. The van der Waals surface area contributed by atoms with E-state index in [1.54, 1.807) is 0 Å². The first kappa shape index (κ1) is 17.0. The smallest absolute Gasteiger partial charge is 0.0936 e. The van der Waals surface area contributed by atoms with Gasteiger partial charge in [-0.2, -0.15) is 0 Å². The highest BCUT2D eigenvalue weighted by atomic mass is 16.3. The van der Waals surface area contributed by atoms with E-state index in [1.807, 2.05) is 0 Å². The van der Waals surface area contributed by atoms with Gasteiger partial charge in [0, 0.05) is 6.54 Å². The molecule has 1 saturated heterocycles. The zero-order chi connectivity index (χ0) is 16.0. The fraction of sp³-hybridized carbons (Fsp3) is 0.714. The van der Waals surface area contributed by atoms with E-state index in [0.29, 0.717) is 5.92 Å². The monoisotopic (exact) mass is 315 g/mol. The molecule has 1 N–H and O–H groups in total. The van der Waals surface area contributed by atoms with Crippen LogP contribution in [-0.2, 0) is 5.60 Å². The van der Waals surface area contributed by atoms with Crippen LogP contribution in [0.5, 0.6) is 0 Å². The molecule has 0 spiro atoms. The average Bonchev–Trinajstić information content (AvgIpc) is 3.07. The topological polar surface area (TPSA) is 23.5 Å². The summed E-state index contributed by atoms with van der Waals surface area (Å²) < 4.78 is 0. The standard InChI is InChI=1S/C21H33NO/c23-21(20-13-7-4-8-14-20,15-18-22-16-9-10-17-22)19-11-5-2-1-3-6-12-19/h4,7-8,13-14,19,23H,1-3,5-6,9-12,15-18H2. The summed E-state index contributed by atoms with van der Waals surface area (Å²) >= 11 is 0. The van der Waals surface area contributed by atoms with Gasteiger partial charge in [-0.25, -0.2) is 0 Å². The Morgan fingerprint density at radius 3 is 2.13 bits per heavy atom. The Hall–Kier alpha value is -0.860. The molecular formula is C21H33NO. The van der Waals surface area contributed by atoms with E-state index in [-0.39, 0.29) is 0 Å². The average molecular weight is 316 g/mol. The molecule has 0 amide bonds. The van der Waals surface area contributed by atoms with Gasteiger partial charge in [-0.3, -0.25) is 0 Å². The van der Waals surface area contributed by atoms with Crippen LogP contribution >= 0.6 is 0 Å². The lowest BCUT2D eigenvalue weighted by atomic mass is 9.73. The largest absolute Gasteiger partial charge is 0.385 e. The van der Waals surface area contributed by atoms with Crippen LogP contribution in [0, 0.1) is 5.92 Å². The van der Waals surface area contributed by atoms with Gasteiger partial charge in [-0.15, -0.1) is 0 Å². The molecule has 1 aromatic rings. The van der Waals surface area contributed by atoms with Crippen molar-refractivity contribution in [3.05, 3.63) is 35.9 Å². The second-order valence-corrected chi connectivity index (χ2v) is 7.63. The van der Waals surface area contributed by atoms with Gasteiger partial charge in [0.25, 0.3) is 0 Å². The maximum Gasteiger partial charge on any atom is 0.0936 e. The lowest BCUT2D eigenvalue weighted by molar-refractivity contribution is -0.0472. The highest BCUT2D eigenvalue weighted by Crippen LogP contribution is 2.40. The summed E-state index contributed by atoms with van der Waals surface area (Å²) in [6.45, 7) is 3.48. The fourth-order valence-electron chi connectivity index (χ4n) is 4.58. The van der Waals surface area contributed by atoms with Crippen LogP contribution in [0.2, 0.25) is 0 Å². The molecule has 2 fully saturated rings. The molecule has 1 aliphatic carbocycles. The second-order valence-electron chi connectivity index (χ2n) is 7.63. The molecule has 2 nitrogen and oxygen atoms in total. The number of likely N-dealkylation sites (tertiary alicyclic amines) is 1. The maximum atomic E-state index is 11.8. The van der Waals surface area contributed by atoms with Crippen molar-refractivity contribution in [3.8, 4) is 0 Å². The summed E-state index contributed by atoms with van der Waals surface area (Å²) in [5.41, 5.74) is 0.506. The second kappa shape index (κ2) is 8.30. The third-order valence-electron chi connectivity index (χ3n) is 6.06. The van der Waals surface area contributed by atoms with Crippen molar-refractivity contribution >= 4 is 0 Å². The maximum absolute atomic E-state index is 11.8. The number of nitrogens with zero attached hydrogens (tertiary/aromatic N) is 1. The normalized spacial score (nSPS) is 24.0. The van der Waals surface area contributed by atoms with E-state index < -0.39 is 5.60 Å². The van der Waals surface area contributed by atoms with Gasteiger partial charge in [0.1, 0.15) is 0 Å². The molecule has 2 aliphatic rings. The van der Waals surface area contributed by atoms with E-state index in [9.17, 15) is 5.11 Å². The van der Waals surface area contributed by atoms with Crippen molar-refractivity contribution in [1.82, 2.24) is 4.90 Å². The molecule has 23 heavy (non-hydrogen) atoms. The van der Waals surface area contributed by atoms with E-state index in [1.165, 1.54) is 70.9 Å². The first-order chi connectivity index (χ1) is 11.3. The minimum Gasteiger partial charge on any atom is -0.385 e. The number of hydrogen-bond acceptors (Lipinski definition) is 2. The number of benzene rings is 1. The van der Waals surface area contributed by atoms with E-state index >= 15 is 0 Å². The Balaban J connectivity index is 1.76. The minimum atomic E-state index is -0.638. The van der Waals surface area contributed by atoms with Gasteiger partial charge in [-0.05, 0) is 56.7 Å². The van der Waals surface area contributed by atoms with Crippen molar-refractivity contribution in [2.75, 3.05) is 19.6 Å². The summed E-state index contributed by atoms with van der Waals surface area (Å²) in [5.74, 6) is 0.424. The van der Waals surface area contributed by atoms with Gasteiger partial charge in [0.15, 0.2) is 0 Å². The van der Waals surface area contributed by atoms with Gasteiger partial charge in [0.2, 0.25) is 0 Å². The highest BCUT2D eigenvalue weighted by Gasteiger charge is 2.38. The molecular weight excluding hydrogens is 282 g/mol. The van der Waals surface area contributed by atoms with Gasteiger partial charge in [-0.1, -0.05) is 62.4 Å². The van der Waals surface area contributed by atoms with Crippen molar-refractivity contribution in [2.45, 2.75) is 69.8 Å². The molecule has 1 atom stereocenters. The van der Waals surface area contributed by atoms with E-state index in [2.05, 4.69) is 35.2 Å². The molecule has 3 rings (SSSR count). The van der Waals surface area contributed by atoms with Gasteiger partial charge >= 0.3 is 0 Å². The van der Waals surface area contributed by atoms with Crippen LogP contribution in [0.1, 0.15) is 69.8 Å². The van der Waals surface area contributed by atoms with E-state index in [4.69, 9.17) is 0 Å². The van der Waals surface area contributed by atoms with Gasteiger partial charge in [0.05, 0.1) is 5.60 Å².